The largest absolute Gasteiger partial charge is 0.425 e. The molecule has 0 radical (unpaired) electrons. The Morgan fingerprint density at radius 2 is 1.52 bits per heavy atom. The Morgan fingerprint density at radius 3 is 2.15 bits per heavy atom. The summed E-state index contributed by atoms with van der Waals surface area (Å²) in [5, 5.41) is 11.0. The first-order valence-corrected chi connectivity index (χ1v) is 8.48. The summed E-state index contributed by atoms with van der Waals surface area (Å²) in [5.74, 6) is 0. The molecule has 3 aromatic rings. The molecule has 4 rings (SSSR count). The van der Waals surface area contributed by atoms with Gasteiger partial charge in [-0.25, -0.2) is 9.97 Å². The Bertz CT molecular complexity index is 1060. The van der Waals surface area contributed by atoms with Crippen LogP contribution in [0.15, 0.2) is 43.0 Å². The quantitative estimate of drug-likeness (QED) is 0.666. The summed E-state index contributed by atoms with van der Waals surface area (Å²) in [5.41, 5.74) is 0.753. The van der Waals surface area contributed by atoms with Gasteiger partial charge in [-0.15, -0.1) is 0 Å². The number of hydrogen-bond acceptors (Lipinski definition) is 3. The fraction of sp³-hybridized carbons (Fsp3) is 0.238. The highest BCUT2D eigenvalue weighted by Crippen LogP contribution is 2.59. The van der Waals surface area contributed by atoms with E-state index in [1.165, 1.54) is 18.5 Å². The van der Waals surface area contributed by atoms with Crippen molar-refractivity contribution in [2.45, 2.75) is 32.5 Å². The Hall–Kier alpha value is -2.73. The highest BCUT2D eigenvalue weighted by molar-refractivity contribution is 5.95. The van der Waals surface area contributed by atoms with Crippen LogP contribution in [0.2, 0.25) is 0 Å². The van der Waals surface area contributed by atoms with Crippen LogP contribution in [-0.4, -0.2) is 21.3 Å². The molecule has 2 aromatic carbocycles. The molecule has 0 saturated carbocycles. The number of fused-ring (bicyclic) bond motifs is 3. The van der Waals surface area contributed by atoms with Gasteiger partial charge in [0.05, 0.1) is 0 Å². The second-order valence-electron chi connectivity index (χ2n) is 6.88. The number of aromatic nitrogens is 2. The van der Waals surface area contributed by atoms with Crippen molar-refractivity contribution in [1.29, 1.82) is 0 Å². The summed E-state index contributed by atoms with van der Waals surface area (Å²) < 4.78 is 42.5. The fourth-order valence-electron chi connectivity index (χ4n) is 4.11. The zero-order chi connectivity index (χ0) is 19.6. The Morgan fingerprint density at radius 1 is 0.889 bits per heavy atom. The number of aliphatic hydroxyl groups is 1. The molecule has 0 saturated heterocycles. The van der Waals surface area contributed by atoms with Gasteiger partial charge in [-0.1, -0.05) is 24.3 Å². The highest BCUT2D eigenvalue weighted by Gasteiger charge is 2.62. The summed E-state index contributed by atoms with van der Waals surface area (Å²) in [4.78, 5) is 8.05. The van der Waals surface area contributed by atoms with Crippen LogP contribution in [-0.2, 0) is 5.60 Å². The predicted octanol–water partition coefficient (Wildman–Crippen LogP) is 4.85. The summed E-state index contributed by atoms with van der Waals surface area (Å²) in [6, 6.07) is 6.17. The van der Waals surface area contributed by atoms with Crippen LogP contribution in [0.4, 0.5) is 13.2 Å². The topological polar surface area (TPSA) is 46.0 Å². The van der Waals surface area contributed by atoms with E-state index in [1.807, 2.05) is 6.92 Å². The van der Waals surface area contributed by atoms with Gasteiger partial charge in [0.2, 0.25) is 5.60 Å². The van der Waals surface area contributed by atoms with Crippen molar-refractivity contribution in [2.24, 2.45) is 0 Å². The van der Waals surface area contributed by atoms with Crippen LogP contribution in [0.25, 0.3) is 22.3 Å². The fourth-order valence-corrected chi connectivity index (χ4v) is 4.11. The molecule has 1 aromatic heterocycles. The lowest BCUT2D eigenvalue weighted by Crippen LogP contribution is -2.42. The van der Waals surface area contributed by atoms with Crippen LogP contribution in [0, 0.1) is 20.8 Å². The SMILES string of the molecule is Cc1c(C)c(-c2cncnc2)c2c(c1C)[C@@](O)(C(F)(F)F)c1ccccc1-2. The Labute approximate surface area is 154 Å². The number of hydrogen-bond donors (Lipinski definition) is 1. The van der Waals surface area contributed by atoms with E-state index in [2.05, 4.69) is 9.97 Å². The van der Waals surface area contributed by atoms with E-state index in [4.69, 9.17) is 0 Å². The average Bonchev–Trinajstić information content (AvgIpc) is 2.92. The van der Waals surface area contributed by atoms with E-state index in [-0.39, 0.29) is 11.1 Å². The molecule has 1 aliphatic carbocycles. The molecule has 0 spiro atoms. The van der Waals surface area contributed by atoms with Crippen LogP contribution in [0.3, 0.4) is 0 Å². The predicted molar refractivity (Wildman–Crippen MR) is 96.2 cm³/mol. The third kappa shape index (κ3) is 2.19. The molecule has 0 fully saturated rings. The van der Waals surface area contributed by atoms with Gasteiger partial charge in [0.25, 0.3) is 0 Å². The lowest BCUT2D eigenvalue weighted by atomic mass is 9.81. The smallest absolute Gasteiger partial charge is 0.372 e. The van der Waals surface area contributed by atoms with Crippen LogP contribution in [0.1, 0.15) is 27.8 Å². The molecule has 138 valence electrons. The van der Waals surface area contributed by atoms with Crippen molar-refractivity contribution in [1.82, 2.24) is 9.97 Å². The van der Waals surface area contributed by atoms with Gasteiger partial charge in [0.15, 0.2) is 0 Å². The van der Waals surface area contributed by atoms with Gasteiger partial charge in [0.1, 0.15) is 6.33 Å². The van der Waals surface area contributed by atoms with Gasteiger partial charge < -0.3 is 5.11 Å². The Balaban J connectivity index is 2.24. The molecule has 0 aliphatic heterocycles. The van der Waals surface area contributed by atoms with Crippen molar-refractivity contribution in [3.05, 3.63) is 70.8 Å². The third-order valence-electron chi connectivity index (χ3n) is 5.58. The molecular formula is C21H17F3N2O. The normalized spacial score (nSPS) is 18.3. The highest BCUT2D eigenvalue weighted by atomic mass is 19.4. The zero-order valence-corrected chi connectivity index (χ0v) is 15.0. The number of nitrogens with zero attached hydrogens (tertiary/aromatic N) is 2. The lowest BCUT2D eigenvalue weighted by Gasteiger charge is -2.31. The molecule has 0 unspecified atom stereocenters. The molecular weight excluding hydrogens is 353 g/mol. The number of alkyl halides is 3. The molecule has 0 amide bonds. The van der Waals surface area contributed by atoms with Crippen LogP contribution >= 0.6 is 0 Å². The summed E-state index contributed by atoms with van der Waals surface area (Å²) in [7, 11) is 0. The standard InChI is InChI=1S/C21H17F3N2O/c1-11-12(2)17(14-8-25-10-26-9-14)18-15-6-4-5-7-16(15)20(27,21(22,23)24)19(18)13(11)3/h4-10,27H,1-3H3/t20-/m1/s1. The van der Waals surface area contributed by atoms with Gasteiger partial charge >= 0.3 is 6.18 Å². The molecule has 3 nitrogen and oxygen atoms in total. The summed E-state index contributed by atoms with van der Waals surface area (Å²) in [6.45, 7) is 5.28. The number of halogens is 3. The van der Waals surface area contributed by atoms with E-state index in [0.717, 1.165) is 5.56 Å². The molecule has 27 heavy (non-hydrogen) atoms. The minimum Gasteiger partial charge on any atom is -0.372 e. The molecule has 1 aliphatic rings. The maximum atomic E-state index is 14.2. The van der Waals surface area contributed by atoms with E-state index < -0.39 is 11.8 Å². The van der Waals surface area contributed by atoms with E-state index in [9.17, 15) is 18.3 Å². The van der Waals surface area contributed by atoms with Gasteiger partial charge in [0, 0.05) is 29.1 Å². The van der Waals surface area contributed by atoms with Crippen molar-refractivity contribution in [3.8, 4) is 22.3 Å². The van der Waals surface area contributed by atoms with Crippen LogP contribution in [0.5, 0.6) is 0 Å². The summed E-state index contributed by atoms with van der Waals surface area (Å²) >= 11 is 0. The van der Waals surface area contributed by atoms with Gasteiger partial charge in [-0.2, -0.15) is 13.2 Å². The van der Waals surface area contributed by atoms with Crippen molar-refractivity contribution in [2.75, 3.05) is 0 Å². The zero-order valence-electron chi connectivity index (χ0n) is 15.0. The second kappa shape index (κ2) is 5.63. The monoisotopic (exact) mass is 370 g/mol. The molecule has 1 N–H and O–H groups in total. The van der Waals surface area contributed by atoms with Crippen LogP contribution < -0.4 is 0 Å². The summed E-state index contributed by atoms with van der Waals surface area (Å²) in [6.07, 6.45) is -0.318. The lowest BCUT2D eigenvalue weighted by molar-refractivity contribution is -0.246. The van der Waals surface area contributed by atoms with Crippen molar-refractivity contribution >= 4 is 0 Å². The van der Waals surface area contributed by atoms with Gasteiger partial charge in [-0.3, -0.25) is 0 Å². The van der Waals surface area contributed by atoms with Crippen molar-refractivity contribution < 1.29 is 18.3 Å². The Kier molecular flexibility index (Phi) is 3.69. The number of rotatable bonds is 1. The minimum absolute atomic E-state index is 0.0989. The third-order valence-corrected chi connectivity index (χ3v) is 5.58. The van der Waals surface area contributed by atoms with Crippen molar-refractivity contribution in [3.63, 3.8) is 0 Å². The van der Waals surface area contributed by atoms with E-state index in [0.29, 0.717) is 33.4 Å². The second-order valence-corrected chi connectivity index (χ2v) is 6.88. The minimum atomic E-state index is -4.86. The molecule has 1 heterocycles. The van der Waals surface area contributed by atoms with Gasteiger partial charge in [-0.05, 0) is 54.2 Å². The maximum Gasteiger partial charge on any atom is 0.425 e. The number of benzene rings is 2. The first-order valence-electron chi connectivity index (χ1n) is 8.48. The molecule has 6 heteroatoms. The van der Waals surface area contributed by atoms with E-state index >= 15 is 0 Å². The first-order chi connectivity index (χ1) is 12.7. The maximum absolute atomic E-state index is 14.2. The molecule has 0 bridgehead atoms. The average molecular weight is 370 g/mol. The molecule has 1 atom stereocenters. The first kappa shape index (κ1) is 17.7. The van der Waals surface area contributed by atoms with E-state index in [1.54, 1.807) is 38.4 Å².